The summed E-state index contributed by atoms with van der Waals surface area (Å²) in [5.41, 5.74) is 0.162. The number of ether oxygens (including phenoxy) is 1. The van der Waals surface area contributed by atoms with Crippen molar-refractivity contribution in [2.75, 3.05) is 31.4 Å². The summed E-state index contributed by atoms with van der Waals surface area (Å²) in [4.78, 5) is 15.1. The van der Waals surface area contributed by atoms with Gasteiger partial charge < -0.3 is 9.64 Å². The van der Waals surface area contributed by atoms with Crippen LogP contribution in [0.5, 0.6) is 5.88 Å². The van der Waals surface area contributed by atoms with Gasteiger partial charge in [0, 0.05) is 13.1 Å². The summed E-state index contributed by atoms with van der Waals surface area (Å²) in [7, 11) is 1.49. The molecular formula is C15H18ClFN4OS. The maximum atomic E-state index is 14.5. The van der Waals surface area contributed by atoms with Crippen molar-refractivity contribution < 1.29 is 9.13 Å². The van der Waals surface area contributed by atoms with Gasteiger partial charge in [0.05, 0.1) is 7.11 Å². The highest BCUT2D eigenvalue weighted by molar-refractivity contribution is 7.98. The van der Waals surface area contributed by atoms with E-state index in [0.29, 0.717) is 22.3 Å². The minimum Gasteiger partial charge on any atom is -0.480 e. The lowest BCUT2D eigenvalue weighted by molar-refractivity contribution is 0.401. The molecule has 8 heteroatoms. The van der Waals surface area contributed by atoms with Crippen molar-refractivity contribution in [3.05, 3.63) is 11.0 Å². The summed E-state index contributed by atoms with van der Waals surface area (Å²) >= 11 is 7.25. The molecule has 1 fully saturated rings. The van der Waals surface area contributed by atoms with Crippen LogP contribution in [0.1, 0.15) is 19.8 Å². The first-order valence-electron chi connectivity index (χ1n) is 7.44. The second-order valence-corrected chi connectivity index (χ2v) is 6.81. The lowest BCUT2D eigenvalue weighted by Crippen LogP contribution is -2.35. The Hall–Kier alpha value is -1.34. The van der Waals surface area contributed by atoms with Crippen LogP contribution in [0, 0.1) is 11.7 Å². The zero-order valence-electron chi connectivity index (χ0n) is 13.3. The predicted molar refractivity (Wildman–Crippen MR) is 91.2 cm³/mol. The largest absolute Gasteiger partial charge is 0.480 e. The molecule has 2 aromatic rings. The fourth-order valence-corrected chi connectivity index (χ4v) is 3.45. The van der Waals surface area contributed by atoms with Crippen LogP contribution in [0.2, 0.25) is 5.15 Å². The van der Waals surface area contributed by atoms with Gasteiger partial charge in [0.15, 0.2) is 16.1 Å². The molecule has 1 saturated heterocycles. The lowest BCUT2D eigenvalue weighted by Gasteiger charge is -2.32. The molecule has 5 nitrogen and oxygen atoms in total. The van der Waals surface area contributed by atoms with E-state index in [1.165, 1.54) is 25.3 Å². The zero-order valence-corrected chi connectivity index (χ0v) is 14.8. The van der Waals surface area contributed by atoms with Gasteiger partial charge in [-0.05, 0) is 25.0 Å². The fraction of sp³-hybridized carbons (Fsp3) is 0.533. The number of hydrogen-bond donors (Lipinski definition) is 0. The predicted octanol–water partition coefficient (Wildman–Crippen LogP) is 3.78. The first-order chi connectivity index (χ1) is 11.0. The Kier molecular flexibility index (Phi) is 4.77. The molecule has 23 heavy (non-hydrogen) atoms. The number of piperidine rings is 1. The topological polar surface area (TPSA) is 51.1 Å². The first kappa shape index (κ1) is 16.5. The third-order valence-corrected chi connectivity index (χ3v) is 4.80. The number of halogens is 2. The van der Waals surface area contributed by atoms with Gasteiger partial charge in [-0.3, -0.25) is 0 Å². The molecule has 124 valence electrons. The molecule has 1 aliphatic rings. The van der Waals surface area contributed by atoms with Crippen LogP contribution < -0.4 is 9.64 Å². The van der Waals surface area contributed by atoms with E-state index in [2.05, 4.69) is 26.8 Å². The molecule has 0 amide bonds. The van der Waals surface area contributed by atoms with Crippen molar-refractivity contribution in [2.45, 2.75) is 24.9 Å². The Labute approximate surface area is 143 Å². The normalized spacial score (nSPS) is 18.5. The van der Waals surface area contributed by atoms with Gasteiger partial charge in [0.25, 0.3) is 0 Å². The molecule has 0 radical (unpaired) electrons. The summed E-state index contributed by atoms with van der Waals surface area (Å²) in [6.07, 6.45) is 4.12. The molecule has 1 atom stereocenters. The van der Waals surface area contributed by atoms with Crippen LogP contribution in [0.4, 0.5) is 10.2 Å². The molecular weight excluding hydrogens is 339 g/mol. The van der Waals surface area contributed by atoms with E-state index in [0.717, 1.165) is 19.5 Å². The maximum absolute atomic E-state index is 14.5. The number of thioether (sulfide) groups is 1. The van der Waals surface area contributed by atoms with Crippen molar-refractivity contribution in [3.63, 3.8) is 0 Å². The minimum atomic E-state index is -0.633. The highest BCUT2D eigenvalue weighted by atomic mass is 35.5. The van der Waals surface area contributed by atoms with Crippen LogP contribution in [0.15, 0.2) is 5.16 Å². The van der Waals surface area contributed by atoms with Gasteiger partial charge in [0.1, 0.15) is 16.7 Å². The molecule has 0 N–H and O–H groups in total. The Morgan fingerprint density at radius 1 is 1.35 bits per heavy atom. The van der Waals surface area contributed by atoms with E-state index in [9.17, 15) is 4.39 Å². The van der Waals surface area contributed by atoms with Gasteiger partial charge in [-0.1, -0.05) is 30.3 Å². The average Bonchev–Trinajstić information content (AvgIpc) is 2.57. The molecule has 0 unspecified atom stereocenters. The van der Waals surface area contributed by atoms with Gasteiger partial charge in [-0.25, -0.2) is 14.4 Å². The Bertz CT molecular complexity index is 745. The molecule has 2 aromatic heterocycles. The third kappa shape index (κ3) is 3.04. The van der Waals surface area contributed by atoms with Crippen LogP contribution in [-0.2, 0) is 0 Å². The third-order valence-electron chi connectivity index (χ3n) is 4.00. The van der Waals surface area contributed by atoms with Crippen LogP contribution in [0.25, 0.3) is 10.9 Å². The number of hydrogen-bond acceptors (Lipinski definition) is 6. The van der Waals surface area contributed by atoms with Crippen molar-refractivity contribution >= 4 is 40.1 Å². The minimum absolute atomic E-state index is 0.162. The van der Waals surface area contributed by atoms with E-state index in [1.54, 1.807) is 0 Å². The number of anilines is 1. The van der Waals surface area contributed by atoms with Crippen LogP contribution in [-0.4, -0.2) is 41.4 Å². The lowest BCUT2D eigenvalue weighted by atomic mass is 10.00. The number of aromatic nitrogens is 3. The molecule has 1 aliphatic heterocycles. The van der Waals surface area contributed by atoms with Crippen molar-refractivity contribution in [1.82, 2.24) is 15.0 Å². The smallest absolute Gasteiger partial charge is 0.228 e. The standard InChI is InChI=1S/C15H18ClFN4OS/c1-8-5-4-6-21(7-8)13-9-11(18-15(20-13)23-3)10(17)12(16)19-14(9)22-2/h8H,4-7H2,1-3H3/t8-/m1/s1. The van der Waals surface area contributed by atoms with Crippen molar-refractivity contribution in [3.8, 4) is 5.88 Å². The summed E-state index contributed by atoms with van der Waals surface area (Å²) in [6.45, 7) is 3.95. The van der Waals surface area contributed by atoms with Crippen molar-refractivity contribution in [1.29, 1.82) is 0 Å². The molecule has 3 rings (SSSR count). The second-order valence-electron chi connectivity index (χ2n) is 5.68. The Balaban J connectivity index is 2.28. The Morgan fingerprint density at radius 2 is 2.13 bits per heavy atom. The molecule has 3 heterocycles. The zero-order chi connectivity index (χ0) is 16.6. The summed E-state index contributed by atoms with van der Waals surface area (Å²) in [5, 5.41) is 0.758. The maximum Gasteiger partial charge on any atom is 0.228 e. The van der Waals surface area contributed by atoms with E-state index in [1.807, 2.05) is 6.26 Å². The molecule has 0 spiro atoms. The highest BCUT2D eigenvalue weighted by Gasteiger charge is 2.26. The quantitative estimate of drug-likeness (QED) is 0.474. The van der Waals surface area contributed by atoms with E-state index in [4.69, 9.17) is 16.3 Å². The van der Waals surface area contributed by atoms with Crippen LogP contribution >= 0.6 is 23.4 Å². The number of rotatable bonds is 3. The molecule has 0 aromatic carbocycles. The highest BCUT2D eigenvalue weighted by Crippen LogP contribution is 2.37. The summed E-state index contributed by atoms with van der Waals surface area (Å²) in [5.74, 6) is 0.854. The number of methoxy groups -OCH3 is 1. The van der Waals surface area contributed by atoms with E-state index >= 15 is 0 Å². The van der Waals surface area contributed by atoms with Gasteiger partial charge in [-0.15, -0.1) is 0 Å². The molecule has 0 saturated carbocycles. The molecule has 0 aliphatic carbocycles. The van der Waals surface area contributed by atoms with Crippen LogP contribution in [0.3, 0.4) is 0 Å². The SMILES string of the molecule is COc1nc(Cl)c(F)c2nc(SC)nc(N3CCC[C@@H](C)C3)c12. The van der Waals surface area contributed by atoms with Gasteiger partial charge >= 0.3 is 0 Å². The number of fused-ring (bicyclic) bond motifs is 1. The van der Waals surface area contributed by atoms with Gasteiger partial charge in [0.2, 0.25) is 5.88 Å². The van der Waals surface area contributed by atoms with Gasteiger partial charge in [-0.2, -0.15) is 4.98 Å². The van der Waals surface area contributed by atoms with E-state index < -0.39 is 5.82 Å². The summed E-state index contributed by atoms with van der Waals surface area (Å²) < 4.78 is 19.8. The number of nitrogens with zero attached hydrogens (tertiary/aromatic N) is 4. The van der Waals surface area contributed by atoms with E-state index in [-0.39, 0.29) is 16.5 Å². The molecule has 0 bridgehead atoms. The van der Waals surface area contributed by atoms with Crippen molar-refractivity contribution in [2.24, 2.45) is 5.92 Å². The number of pyridine rings is 1. The second kappa shape index (κ2) is 6.65. The Morgan fingerprint density at radius 3 is 2.78 bits per heavy atom. The summed E-state index contributed by atoms with van der Waals surface area (Å²) in [6, 6.07) is 0. The first-order valence-corrected chi connectivity index (χ1v) is 9.05. The fourth-order valence-electron chi connectivity index (χ4n) is 2.93. The average molecular weight is 357 g/mol. The monoisotopic (exact) mass is 356 g/mol.